The second kappa shape index (κ2) is 8.51. The molecule has 0 radical (unpaired) electrons. The number of rotatable bonds is 8. The Morgan fingerprint density at radius 3 is 2.63 bits per heavy atom. The summed E-state index contributed by atoms with van der Waals surface area (Å²) in [5.41, 5.74) is 0.848. The highest BCUT2D eigenvalue weighted by Crippen LogP contribution is 2.21. The minimum atomic E-state index is -0.317. The van der Waals surface area contributed by atoms with E-state index in [2.05, 4.69) is 24.1 Å². The van der Waals surface area contributed by atoms with Crippen molar-refractivity contribution in [3.8, 4) is 0 Å². The van der Waals surface area contributed by atoms with Gasteiger partial charge in [-0.1, -0.05) is 13.8 Å². The zero-order chi connectivity index (χ0) is 14.3. The molecule has 0 aliphatic carbocycles. The molecule has 2 N–H and O–H groups in total. The maximum atomic E-state index is 12.9. The molecule has 2 unspecified atom stereocenters. The summed E-state index contributed by atoms with van der Waals surface area (Å²) in [5, 5.41) is 12.6. The Kier molecular flexibility index (Phi) is 7.34. The molecule has 0 aliphatic rings. The Morgan fingerprint density at radius 1 is 1.42 bits per heavy atom. The summed E-state index contributed by atoms with van der Waals surface area (Å²) in [4.78, 5) is 4.17. The molecule has 1 aromatic heterocycles. The lowest BCUT2D eigenvalue weighted by Crippen LogP contribution is -2.38. The van der Waals surface area contributed by atoms with E-state index in [1.807, 2.05) is 6.26 Å². The SMILES string of the molecule is CSCC(CCO)NC(c1ccc(F)cn1)C(C)C. The van der Waals surface area contributed by atoms with Crippen molar-refractivity contribution >= 4 is 11.8 Å². The fourth-order valence-corrected chi connectivity index (χ4v) is 2.68. The molecule has 0 aromatic carbocycles. The molecule has 0 bridgehead atoms. The van der Waals surface area contributed by atoms with Gasteiger partial charge in [0.15, 0.2) is 0 Å². The van der Waals surface area contributed by atoms with E-state index in [9.17, 15) is 4.39 Å². The third-order valence-corrected chi connectivity index (χ3v) is 3.73. The van der Waals surface area contributed by atoms with E-state index in [1.54, 1.807) is 17.8 Å². The Morgan fingerprint density at radius 2 is 2.16 bits per heavy atom. The number of hydrogen-bond donors (Lipinski definition) is 2. The van der Waals surface area contributed by atoms with Crippen molar-refractivity contribution in [1.82, 2.24) is 10.3 Å². The van der Waals surface area contributed by atoms with Crippen LogP contribution in [0.1, 0.15) is 32.0 Å². The lowest BCUT2D eigenvalue weighted by molar-refractivity contribution is 0.255. The molecule has 1 aromatic rings. The quantitative estimate of drug-likeness (QED) is 0.771. The zero-order valence-corrected chi connectivity index (χ0v) is 12.6. The number of aromatic nitrogens is 1. The maximum absolute atomic E-state index is 12.9. The minimum absolute atomic E-state index is 0.0734. The van der Waals surface area contributed by atoms with Crippen LogP contribution in [0.2, 0.25) is 0 Å². The van der Waals surface area contributed by atoms with Crippen LogP contribution in [0.3, 0.4) is 0 Å². The number of nitrogens with zero attached hydrogens (tertiary/aromatic N) is 1. The summed E-state index contributed by atoms with van der Waals surface area (Å²) in [5.74, 6) is 0.966. The largest absolute Gasteiger partial charge is 0.396 e. The Bertz CT molecular complexity index is 353. The third-order valence-electron chi connectivity index (χ3n) is 3.00. The van der Waals surface area contributed by atoms with Crippen molar-refractivity contribution in [2.45, 2.75) is 32.4 Å². The number of aliphatic hydroxyl groups is 1. The first-order valence-electron chi connectivity index (χ1n) is 6.55. The Hall–Kier alpha value is -0.650. The van der Waals surface area contributed by atoms with Gasteiger partial charge in [0.05, 0.1) is 17.9 Å². The van der Waals surface area contributed by atoms with Crippen LogP contribution in [0.4, 0.5) is 4.39 Å². The van der Waals surface area contributed by atoms with Gasteiger partial charge in [-0.15, -0.1) is 0 Å². The predicted octanol–water partition coefficient (Wildman–Crippen LogP) is 2.62. The summed E-state index contributed by atoms with van der Waals surface area (Å²) in [7, 11) is 0. The fraction of sp³-hybridized carbons (Fsp3) is 0.643. The summed E-state index contributed by atoms with van der Waals surface area (Å²) < 4.78 is 12.9. The van der Waals surface area contributed by atoms with Crippen molar-refractivity contribution < 1.29 is 9.50 Å². The van der Waals surface area contributed by atoms with Gasteiger partial charge in [-0.3, -0.25) is 4.98 Å². The number of pyridine rings is 1. The highest BCUT2D eigenvalue weighted by Gasteiger charge is 2.20. The number of nitrogens with one attached hydrogen (secondary N) is 1. The van der Waals surface area contributed by atoms with Crippen LogP contribution >= 0.6 is 11.8 Å². The van der Waals surface area contributed by atoms with E-state index in [-0.39, 0.29) is 24.5 Å². The minimum Gasteiger partial charge on any atom is -0.396 e. The number of hydrogen-bond acceptors (Lipinski definition) is 4. The lowest BCUT2D eigenvalue weighted by Gasteiger charge is -2.27. The zero-order valence-electron chi connectivity index (χ0n) is 11.8. The molecule has 3 nitrogen and oxygen atoms in total. The molecule has 2 atom stereocenters. The van der Waals surface area contributed by atoms with E-state index in [0.717, 1.165) is 11.4 Å². The Labute approximate surface area is 119 Å². The van der Waals surface area contributed by atoms with Crippen molar-refractivity contribution in [3.05, 3.63) is 29.8 Å². The van der Waals surface area contributed by atoms with Crippen LogP contribution in [-0.4, -0.2) is 34.7 Å². The topological polar surface area (TPSA) is 45.1 Å². The van der Waals surface area contributed by atoms with Gasteiger partial charge < -0.3 is 10.4 Å². The maximum Gasteiger partial charge on any atom is 0.141 e. The van der Waals surface area contributed by atoms with E-state index < -0.39 is 0 Å². The van der Waals surface area contributed by atoms with E-state index in [4.69, 9.17) is 5.11 Å². The van der Waals surface area contributed by atoms with Gasteiger partial charge in [-0.2, -0.15) is 11.8 Å². The lowest BCUT2D eigenvalue weighted by atomic mass is 9.99. The standard InChI is InChI=1S/C14H23FN2OS/c1-10(2)14(13-5-4-11(15)8-16-13)17-12(6-7-18)9-19-3/h4-5,8,10,12,14,17-18H,6-7,9H2,1-3H3. The highest BCUT2D eigenvalue weighted by molar-refractivity contribution is 7.98. The van der Waals surface area contributed by atoms with Gasteiger partial charge in [-0.25, -0.2) is 4.39 Å². The van der Waals surface area contributed by atoms with Crippen LogP contribution in [0.5, 0.6) is 0 Å². The number of aliphatic hydroxyl groups excluding tert-OH is 1. The average Bonchev–Trinajstić information content (AvgIpc) is 2.37. The average molecular weight is 286 g/mol. The molecule has 5 heteroatoms. The van der Waals surface area contributed by atoms with E-state index >= 15 is 0 Å². The first kappa shape index (κ1) is 16.4. The summed E-state index contributed by atoms with van der Waals surface area (Å²) in [6.07, 6.45) is 4.01. The van der Waals surface area contributed by atoms with Crippen LogP contribution < -0.4 is 5.32 Å². The fourth-order valence-electron chi connectivity index (χ4n) is 2.02. The second-order valence-electron chi connectivity index (χ2n) is 4.95. The monoisotopic (exact) mass is 286 g/mol. The molecule has 1 heterocycles. The second-order valence-corrected chi connectivity index (χ2v) is 5.86. The van der Waals surface area contributed by atoms with Crippen molar-refractivity contribution in [2.24, 2.45) is 5.92 Å². The molecule has 1 rings (SSSR count). The normalized spacial score (nSPS) is 14.6. The first-order valence-corrected chi connectivity index (χ1v) is 7.95. The molecular formula is C14H23FN2OS. The smallest absolute Gasteiger partial charge is 0.141 e. The summed E-state index contributed by atoms with van der Waals surface area (Å²) >= 11 is 1.75. The van der Waals surface area contributed by atoms with E-state index in [0.29, 0.717) is 12.3 Å². The van der Waals surface area contributed by atoms with Gasteiger partial charge in [0.2, 0.25) is 0 Å². The van der Waals surface area contributed by atoms with Gasteiger partial charge in [0, 0.05) is 18.4 Å². The van der Waals surface area contributed by atoms with Crippen molar-refractivity contribution in [2.75, 3.05) is 18.6 Å². The van der Waals surface area contributed by atoms with Crippen LogP contribution in [0.25, 0.3) is 0 Å². The van der Waals surface area contributed by atoms with E-state index in [1.165, 1.54) is 12.3 Å². The van der Waals surface area contributed by atoms with Crippen LogP contribution in [-0.2, 0) is 0 Å². The van der Waals surface area contributed by atoms with Gasteiger partial charge in [0.1, 0.15) is 5.82 Å². The molecule has 0 aliphatic heterocycles. The molecule has 0 fully saturated rings. The van der Waals surface area contributed by atoms with Crippen molar-refractivity contribution in [3.63, 3.8) is 0 Å². The van der Waals surface area contributed by atoms with Gasteiger partial charge in [0.25, 0.3) is 0 Å². The van der Waals surface area contributed by atoms with Crippen LogP contribution in [0.15, 0.2) is 18.3 Å². The van der Waals surface area contributed by atoms with Gasteiger partial charge in [-0.05, 0) is 30.7 Å². The van der Waals surface area contributed by atoms with Crippen molar-refractivity contribution in [1.29, 1.82) is 0 Å². The Balaban J connectivity index is 2.79. The molecule has 0 spiro atoms. The summed E-state index contributed by atoms with van der Waals surface area (Å²) in [6, 6.07) is 3.47. The number of halogens is 1. The first-order chi connectivity index (χ1) is 9.08. The van der Waals surface area contributed by atoms with Gasteiger partial charge >= 0.3 is 0 Å². The third kappa shape index (κ3) is 5.47. The molecular weight excluding hydrogens is 263 g/mol. The highest BCUT2D eigenvalue weighted by atomic mass is 32.2. The molecule has 108 valence electrons. The summed E-state index contributed by atoms with van der Waals surface area (Å²) in [6.45, 7) is 4.38. The van der Waals surface area contributed by atoms with Crippen LogP contribution in [0, 0.1) is 11.7 Å². The molecule has 0 amide bonds. The molecule has 0 saturated carbocycles. The molecule has 19 heavy (non-hydrogen) atoms. The molecule has 0 saturated heterocycles. The predicted molar refractivity (Wildman–Crippen MR) is 78.8 cm³/mol. The number of thioether (sulfide) groups is 1.